The maximum atomic E-state index is 13.3. The van der Waals surface area contributed by atoms with Gasteiger partial charge in [-0.2, -0.15) is 0 Å². The van der Waals surface area contributed by atoms with E-state index in [9.17, 15) is 14.3 Å². The molecular formula is C14H19FN2O2. The highest BCUT2D eigenvalue weighted by atomic mass is 19.1. The molecule has 1 amide bonds. The molecule has 0 bridgehead atoms. The number of nitrogens with zero attached hydrogens (tertiary/aromatic N) is 2. The number of benzene rings is 1. The normalized spacial score (nSPS) is 17.5. The summed E-state index contributed by atoms with van der Waals surface area (Å²) in [5.41, 5.74) is 1.44. The Bertz CT molecular complexity index is 469. The van der Waals surface area contributed by atoms with E-state index in [-0.39, 0.29) is 11.7 Å². The third kappa shape index (κ3) is 3.04. The van der Waals surface area contributed by atoms with Crippen LogP contribution in [0.4, 0.5) is 10.1 Å². The molecule has 1 fully saturated rings. The van der Waals surface area contributed by atoms with Crippen LogP contribution in [-0.2, 0) is 4.79 Å². The van der Waals surface area contributed by atoms with Gasteiger partial charge in [0.1, 0.15) is 5.82 Å². The fraction of sp³-hybridized carbons (Fsp3) is 0.500. The monoisotopic (exact) mass is 266 g/mol. The zero-order valence-electron chi connectivity index (χ0n) is 11.3. The predicted octanol–water partition coefficient (Wildman–Crippen LogP) is 1.55. The molecule has 5 heteroatoms. The third-order valence-electron chi connectivity index (χ3n) is 3.51. The maximum Gasteiger partial charge on any atom is 0.219 e. The lowest BCUT2D eigenvalue weighted by Crippen LogP contribution is -2.48. The van der Waals surface area contributed by atoms with E-state index in [0.29, 0.717) is 31.7 Å². The summed E-state index contributed by atoms with van der Waals surface area (Å²) in [5.74, 6) is -0.267. The first kappa shape index (κ1) is 13.8. The fourth-order valence-corrected chi connectivity index (χ4v) is 2.41. The van der Waals surface area contributed by atoms with E-state index < -0.39 is 6.10 Å². The van der Waals surface area contributed by atoms with Crippen LogP contribution in [0.5, 0.6) is 0 Å². The molecule has 0 spiro atoms. The van der Waals surface area contributed by atoms with Gasteiger partial charge in [0.15, 0.2) is 0 Å². The second kappa shape index (κ2) is 5.57. The highest BCUT2D eigenvalue weighted by Gasteiger charge is 2.21. The molecule has 0 aliphatic carbocycles. The highest BCUT2D eigenvalue weighted by molar-refractivity contribution is 5.73. The Hall–Kier alpha value is -1.62. The summed E-state index contributed by atoms with van der Waals surface area (Å²) in [6, 6.07) is 4.47. The molecule has 0 unspecified atom stereocenters. The molecule has 104 valence electrons. The smallest absolute Gasteiger partial charge is 0.219 e. The van der Waals surface area contributed by atoms with Crippen molar-refractivity contribution in [3.8, 4) is 0 Å². The van der Waals surface area contributed by atoms with Crippen molar-refractivity contribution >= 4 is 11.6 Å². The zero-order valence-corrected chi connectivity index (χ0v) is 11.3. The number of aliphatic hydroxyl groups is 1. The summed E-state index contributed by atoms with van der Waals surface area (Å²) < 4.78 is 13.3. The number of piperazine rings is 1. The molecular weight excluding hydrogens is 247 g/mol. The Morgan fingerprint density at radius 2 is 1.95 bits per heavy atom. The highest BCUT2D eigenvalue weighted by Crippen LogP contribution is 2.28. The molecule has 0 saturated carbocycles. The van der Waals surface area contributed by atoms with Gasteiger partial charge in [0.25, 0.3) is 0 Å². The number of anilines is 1. The van der Waals surface area contributed by atoms with Crippen molar-refractivity contribution in [3.05, 3.63) is 29.6 Å². The SMILES string of the molecule is CC(=O)N1CCN(c2ccc(F)cc2[C@@H](C)O)CC1. The first-order valence-electron chi connectivity index (χ1n) is 6.47. The van der Waals surface area contributed by atoms with Crippen molar-refractivity contribution in [3.63, 3.8) is 0 Å². The van der Waals surface area contributed by atoms with Crippen LogP contribution in [0.2, 0.25) is 0 Å². The number of aliphatic hydroxyl groups excluding tert-OH is 1. The standard InChI is InChI=1S/C14H19FN2O2/c1-10(18)13-9-12(15)3-4-14(13)17-7-5-16(6-8-17)11(2)19/h3-4,9-10,18H,5-8H2,1-2H3/t10-/m1/s1. The summed E-state index contributed by atoms with van der Waals surface area (Å²) >= 11 is 0. The van der Waals surface area contributed by atoms with Crippen molar-refractivity contribution in [1.82, 2.24) is 4.90 Å². The largest absolute Gasteiger partial charge is 0.389 e. The molecule has 1 aromatic carbocycles. The molecule has 1 saturated heterocycles. The number of carbonyl (C=O) groups is 1. The number of hydrogen-bond donors (Lipinski definition) is 1. The van der Waals surface area contributed by atoms with Crippen LogP contribution in [0.1, 0.15) is 25.5 Å². The molecule has 1 N–H and O–H groups in total. The first-order valence-corrected chi connectivity index (χ1v) is 6.47. The van der Waals surface area contributed by atoms with Gasteiger partial charge in [-0.15, -0.1) is 0 Å². The Morgan fingerprint density at radius 3 is 2.47 bits per heavy atom. The minimum absolute atomic E-state index is 0.0782. The van der Waals surface area contributed by atoms with Crippen LogP contribution in [0.3, 0.4) is 0 Å². The topological polar surface area (TPSA) is 43.8 Å². The minimum Gasteiger partial charge on any atom is -0.389 e. The van der Waals surface area contributed by atoms with Crippen molar-refractivity contribution in [1.29, 1.82) is 0 Å². The number of hydrogen-bond acceptors (Lipinski definition) is 3. The summed E-state index contributed by atoms with van der Waals surface area (Å²) in [6.07, 6.45) is -0.712. The van der Waals surface area contributed by atoms with Gasteiger partial charge in [-0.05, 0) is 25.1 Å². The molecule has 1 heterocycles. The molecule has 1 aliphatic heterocycles. The second-order valence-electron chi connectivity index (χ2n) is 4.87. The number of rotatable bonds is 2. The average Bonchev–Trinajstić information content (AvgIpc) is 2.38. The summed E-state index contributed by atoms with van der Waals surface area (Å²) in [5, 5.41) is 9.74. The zero-order chi connectivity index (χ0) is 14.0. The maximum absolute atomic E-state index is 13.3. The Kier molecular flexibility index (Phi) is 4.04. The van der Waals surface area contributed by atoms with Crippen LogP contribution in [0.25, 0.3) is 0 Å². The molecule has 0 radical (unpaired) electrons. The third-order valence-corrected chi connectivity index (χ3v) is 3.51. The van der Waals surface area contributed by atoms with Gasteiger partial charge in [-0.3, -0.25) is 4.79 Å². The number of amides is 1. The van der Waals surface area contributed by atoms with Gasteiger partial charge in [-0.25, -0.2) is 4.39 Å². The van der Waals surface area contributed by atoms with Crippen molar-refractivity contribution in [2.75, 3.05) is 31.1 Å². The Balaban J connectivity index is 2.17. The quantitative estimate of drug-likeness (QED) is 0.883. The lowest BCUT2D eigenvalue weighted by Gasteiger charge is -2.36. The molecule has 4 nitrogen and oxygen atoms in total. The predicted molar refractivity (Wildman–Crippen MR) is 71.5 cm³/mol. The Morgan fingerprint density at radius 1 is 1.32 bits per heavy atom. The van der Waals surface area contributed by atoms with Crippen molar-refractivity contribution in [2.45, 2.75) is 20.0 Å². The van der Waals surface area contributed by atoms with Gasteiger partial charge < -0.3 is 14.9 Å². The summed E-state index contributed by atoms with van der Waals surface area (Å²) in [4.78, 5) is 15.2. The first-order chi connectivity index (χ1) is 8.99. The van der Waals surface area contributed by atoms with Gasteiger partial charge in [0.05, 0.1) is 6.10 Å². The van der Waals surface area contributed by atoms with E-state index in [1.807, 2.05) is 0 Å². The van der Waals surface area contributed by atoms with E-state index in [1.165, 1.54) is 12.1 Å². The summed E-state index contributed by atoms with van der Waals surface area (Å²) in [7, 11) is 0. The van der Waals surface area contributed by atoms with Crippen LogP contribution < -0.4 is 4.90 Å². The van der Waals surface area contributed by atoms with Crippen LogP contribution in [0.15, 0.2) is 18.2 Å². The van der Waals surface area contributed by atoms with E-state index in [1.54, 1.807) is 24.8 Å². The average molecular weight is 266 g/mol. The number of halogens is 1. The van der Waals surface area contributed by atoms with Crippen molar-refractivity contribution in [2.24, 2.45) is 0 Å². The minimum atomic E-state index is -0.712. The van der Waals surface area contributed by atoms with E-state index in [2.05, 4.69) is 4.90 Å². The molecule has 1 aromatic rings. The van der Waals surface area contributed by atoms with Gasteiger partial charge in [-0.1, -0.05) is 0 Å². The number of carbonyl (C=O) groups excluding carboxylic acids is 1. The molecule has 1 atom stereocenters. The van der Waals surface area contributed by atoms with Gasteiger partial charge in [0.2, 0.25) is 5.91 Å². The Labute approximate surface area is 112 Å². The van der Waals surface area contributed by atoms with E-state index >= 15 is 0 Å². The molecule has 19 heavy (non-hydrogen) atoms. The fourth-order valence-electron chi connectivity index (χ4n) is 2.41. The van der Waals surface area contributed by atoms with Crippen LogP contribution >= 0.6 is 0 Å². The van der Waals surface area contributed by atoms with Crippen LogP contribution in [0, 0.1) is 5.82 Å². The molecule has 0 aromatic heterocycles. The molecule has 1 aliphatic rings. The van der Waals surface area contributed by atoms with Crippen molar-refractivity contribution < 1.29 is 14.3 Å². The van der Waals surface area contributed by atoms with Gasteiger partial charge >= 0.3 is 0 Å². The van der Waals surface area contributed by atoms with E-state index in [0.717, 1.165) is 5.69 Å². The second-order valence-corrected chi connectivity index (χ2v) is 4.87. The van der Waals surface area contributed by atoms with E-state index in [4.69, 9.17) is 0 Å². The molecule has 2 rings (SSSR count). The van der Waals surface area contributed by atoms with Crippen LogP contribution in [-0.4, -0.2) is 42.1 Å². The summed E-state index contributed by atoms with van der Waals surface area (Å²) in [6.45, 7) is 5.91. The van der Waals surface area contributed by atoms with Gasteiger partial charge in [0, 0.05) is 44.4 Å². The lowest BCUT2D eigenvalue weighted by atomic mass is 10.1. The lowest BCUT2D eigenvalue weighted by molar-refractivity contribution is -0.129.